The van der Waals surface area contributed by atoms with E-state index in [9.17, 15) is 13.2 Å². The maximum Gasteiger partial charge on any atom is 0.250 e. The second-order valence-corrected chi connectivity index (χ2v) is 10.6. The summed E-state index contributed by atoms with van der Waals surface area (Å²) in [7, 11) is -3.08. The highest BCUT2D eigenvalue weighted by Gasteiger charge is 2.49. The van der Waals surface area contributed by atoms with Gasteiger partial charge in [0.2, 0.25) is 0 Å². The average molecular weight is 411 g/mol. The first-order valence-electron chi connectivity index (χ1n) is 9.32. The average Bonchev–Trinajstić information content (AvgIpc) is 3.06. The first-order chi connectivity index (χ1) is 12.8. The lowest BCUT2D eigenvalue weighted by molar-refractivity contribution is -0.120. The highest BCUT2D eigenvalue weighted by atomic mass is 32.2. The number of amidine groups is 1. The van der Waals surface area contributed by atoms with Crippen LogP contribution in [0.1, 0.15) is 33.6 Å². The number of aliphatic imine (C=N–C) groups is 1. The van der Waals surface area contributed by atoms with Crippen LogP contribution in [0, 0.1) is 5.92 Å². The Bertz CT molecular complexity index is 836. The summed E-state index contributed by atoms with van der Waals surface area (Å²) in [5, 5.41) is 0.489. The van der Waals surface area contributed by atoms with Crippen LogP contribution in [0.5, 0.6) is 5.75 Å². The molecule has 2 aliphatic heterocycles. The highest BCUT2D eigenvalue weighted by Crippen LogP contribution is 2.41. The molecule has 0 bridgehead atoms. The summed E-state index contributed by atoms with van der Waals surface area (Å²) < 4.78 is 30.1. The summed E-state index contributed by atoms with van der Waals surface area (Å²) in [6, 6.07) is 7.39. The van der Waals surface area contributed by atoms with Gasteiger partial charge in [0.25, 0.3) is 5.91 Å². The Kier molecular flexibility index (Phi) is 6.15. The number of fused-ring (bicyclic) bond motifs is 1. The van der Waals surface area contributed by atoms with E-state index in [1.54, 1.807) is 0 Å². The molecule has 0 aliphatic carbocycles. The summed E-state index contributed by atoms with van der Waals surface area (Å²) in [4.78, 5) is 18.4. The lowest BCUT2D eigenvalue weighted by Crippen LogP contribution is -2.37. The molecule has 6 nitrogen and oxygen atoms in total. The molecule has 1 aromatic carbocycles. The van der Waals surface area contributed by atoms with Gasteiger partial charge in [-0.25, -0.2) is 8.42 Å². The molecule has 8 heteroatoms. The molecule has 0 saturated carbocycles. The minimum Gasteiger partial charge on any atom is -0.494 e. The summed E-state index contributed by atoms with van der Waals surface area (Å²) in [5.74, 6) is 0.555. The van der Waals surface area contributed by atoms with E-state index in [-0.39, 0.29) is 34.6 Å². The van der Waals surface area contributed by atoms with Crippen LogP contribution in [0.3, 0.4) is 0 Å². The molecule has 2 atom stereocenters. The molecule has 0 N–H and O–H groups in total. The smallest absolute Gasteiger partial charge is 0.250 e. The van der Waals surface area contributed by atoms with Crippen molar-refractivity contribution in [1.82, 2.24) is 0 Å². The number of anilines is 1. The zero-order valence-electron chi connectivity index (χ0n) is 15.9. The van der Waals surface area contributed by atoms with Crippen molar-refractivity contribution in [2.75, 3.05) is 23.0 Å². The molecule has 3 rings (SSSR count). The van der Waals surface area contributed by atoms with Crippen LogP contribution in [0.4, 0.5) is 5.69 Å². The lowest BCUT2D eigenvalue weighted by atomic mass is 10.2. The number of thioether (sulfide) groups is 1. The predicted octanol–water partition coefficient (Wildman–Crippen LogP) is 3.12. The number of amides is 1. The first-order valence-corrected chi connectivity index (χ1v) is 12.0. The number of nitrogens with zero attached hydrogens (tertiary/aromatic N) is 2. The van der Waals surface area contributed by atoms with E-state index in [4.69, 9.17) is 4.74 Å². The molecule has 0 unspecified atom stereocenters. The van der Waals surface area contributed by atoms with Crippen LogP contribution in [0.25, 0.3) is 0 Å². The number of sulfone groups is 1. The third-order valence-electron chi connectivity index (χ3n) is 4.63. The van der Waals surface area contributed by atoms with Crippen molar-refractivity contribution in [2.24, 2.45) is 10.9 Å². The van der Waals surface area contributed by atoms with Crippen LogP contribution in [-0.4, -0.2) is 48.9 Å². The van der Waals surface area contributed by atoms with Gasteiger partial charge in [-0.2, -0.15) is 4.99 Å². The lowest BCUT2D eigenvalue weighted by Gasteiger charge is -2.25. The van der Waals surface area contributed by atoms with Crippen molar-refractivity contribution in [2.45, 2.75) is 44.9 Å². The second kappa shape index (κ2) is 8.22. The zero-order valence-corrected chi connectivity index (χ0v) is 17.6. The number of hydrogen-bond acceptors (Lipinski definition) is 5. The summed E-state index contributed by atoms with van der Waals surface area (Å²) in [6.45, 7) is 6.37. The summed E-state index contributed by atoms with van der Waals surface area (Å²) >= 11 is 1.39. The van der Waals surface area contributed by atoms with Gasteiger partial charge >= 0.3 is 0 Å². The summed E-state index contributed by atoms with van der Waals surface area (Å²) in [5.41, 5.74) is 0.816. The Hall–Kier alpha value is -1.54. The van der Waals surface area contributed by atoms with Crippen molar-refractivity contribution in [1.29, 1.82) is 0 Å². The fourth-order valence-electron chi connectivity index (χ4n) is 3.15. The van der Waals surface area contributed by atoms with Gasteiger partial charge in [-0.3, -0.25) is 4.79 Å². The van der Waals surface area contributed by atoms with Crippen LogP contribution < -0.4 is 9.64 Å². The topological polar surface area (TPSA) is 76.0 Å². The molecule has 2 saturated heterocycles. The van der Waals surface area contributed by atoms with E-state index >= 15 is 0 Å². The number of unbranched alkanes of at least 4 members (excludes halogenated alkanes) is 1. The van der Waals surface area contributed by atoms with Crippen LogP contribution >= 0.6 is 11.8 Å². The molecular formula is C19H26N2O4S2. The second-order valence-electron chi connectivity index (χ2n) is 7.26. The molecular weight excluding hydrogens is 384 g/mol. The van der Waals surface area contributed by atoms with E-state index < -0.39 is 9.84 Å². The molecule has 1 aromatic rings. The largest absolute Gasteiger partial charge is 0.494 e. The fraction of sp³-hybridized carbons (Fsp3) is 0.579. The van der Waals surface area contributed by atoms with Crippen molar-refractivity contribution >= 4 is 38.4 Å². The zero-order chi connectivity index (χ0) is 19.6. The Morgan fingerprint density at radius 2 is 2.15 bits per heavy atom. The van der Waals surface area contributed by atoms with Crippen molar-refractivity contribution in [3.63, 3.8) is 0 Å². The fourth-order valence-corrected chi connectivity index (χ4v) is 7.07. The quantitative estimate of drug-likeness (QED) is 0.671. The van der Waals surface area contributed by atoms with Crippen LogP contribution in [0.2, 0.25) is 0 Å². The Balaban J connectivity index is 1.92. The Labute approximate surface area is 165 Å². The van der Waals surface area contributed by atoms with Crippen molar-refractivity contribution in [3.05, 3.63) is 24.3 Å². The molecule has 2 fully saturated rings. The molecule has 27 heavy (non-hydrogen) atoms. The number of ether oxygens (including phenoxy) is 1. The van der Waals surface area contributed by atoms with Gasteiger partial charge < -0.3 is 9.64 Å². The van der Waals surface area contributed by atoms with E-state index in [2.05, 4.69) is 11.9 Å². The maximum absolute atomic E-state index is 12.2. The number of carbonyl (C=O) groups is 1. The minimum absolute atomic E-state index is 0.0838. The van der Waals surface area contributed by atoms with Crippen molar-refractivity contribution < 1.29 is 17.9 Å². The van der Waals surface area contributed by atoms with E-state index in [0.29, 0.717) is 11.8 Å². The van der Waals surface area contributed by atoms with Gasteiger partial charge in [-0.05, 0) is 18.6 Å². The molecule has 2 heterocycles. The minimum atomic E-state index is -3.08. The van der Waals surface area contributed by atoms with E-state index in [1.807, 2.05) is 43.0 Å². The molecule has 1 amide bonds. The number of carbonyl (C=O) groups excluding carboxylic acids is 1. The number of hydrogen-bond donors (Lipinski definition) is 0. The first kappa shape index (κ1) is 20.2. The van der Waals surface area contributed by atoms with Gasteiger partial charge in [0.05, 0.1) is 24.2 Å². The third kappa shape index (κ3) is 4.66. The molecule has 0 aromatic heterocycles. The SMILES string of the molecule is CCCCOc1cccc(N2C(=NC(=O)C(C)C)S[C@@H]3CS(=O)(=O)C[C@@H]32)c1. The van der Waals surface area contributed by atoms with Crippen LogP contribution in [0.15, 0.2) is 29.3 Å². The number of rotatable bonds is 6. The molecule has 0 spiro atoms. The van der Waals surface area contributed by atoms with Crippen molar-refractivity contribution in [3.8, 4) is 5.75 Å². The molecule has 2 aliphatic rings. The maximum atomic E-state index is 12.2. The van der Waals surface area contributed by atoms with Gasteiger partial charge in [0.1, 0.15) is 5.75 Å². The standard InChI is InChI=1S/C19H26N2O4S2/c1-4-5-9-25-15-8-6-7-14(10-15)21-16-11-27(23,24)12-17(16)26-19(21)20-18(22)13(2)3/h6-8,10,13,16-17H,4-5,9,11-12H2,1-3H3/t16-,17+/m0/s1. The van der Waals surface area contributed by atoms with Gasteiger partial charge in [0, 0.05) is 22.9 Å². The van der Waals surface area contributed by atoms with Gasteiger partial charge in [-0.1, -0.05) is 45.0 Å². The monoisotopic (exact) mass is 410 g/mol. The van der Waals surface area contributed by atoms with Gasteiger partial charge in [-0.15, -0.1) is 0 Å². The third-order valence-corrected chi connectivity index (χ3v) is 7.84. The summed E-state index contributed by atoms with van der Waals surface area (Å²) in [6.07, 6.45) is 2.03. The molecule has 0 radical (unpaired) electrons. The molecule has 148 valence electrons. The predicted molar refractivity (Wildman–Crippen MR) is 110 cm³/mol. The number of benzene rings is 1. The Morgan fingerprint density at radius 3 is 2.85 bits per heavy atom. The van der Waals surface area contributed by atoms with E-state index in [1.165, 1.54) is 11.8 Å². The highest BCUT2D eigenvalue weighted by molar-refractivity contribution is 8.16. The Morgan fingerprint density at radius 1 is 1.37 bits per heavy atom. The van der Waals surface area contributed by atoms with Gasteiger partial charge in [0.15, 0.2) is 15.0 Å². The van der Waals surface area contributed by atoms with Crippen LogP contribution in [-0.2, 0) is 14.6 Å². The van der Waals surface area contributed by atoms with E-state index in [0.717, 1.165) is 24.3 Å². The normalized spacial score (nSPS) is 25.2.